The molecular weight excluding hydrogens is 376 g/mol. The summed E-state index contributed by atoms with van der Waals surface area (Å²) in [6.45, 7) is 3.28. The number of nitrogens with zero attached hydrogens (tertiary/aromatic N) is 4. The first-order chi connectivity index (χ1) is 14.6. The molecule has 0 bridgehead atoms. The number of fused-ring (bicyclic) bond motifs is 1. The van der Waals surface area contributed by atoms with Crippen molar-refractivity contribution in [3.05, 3.63) is 54.1 Å². The molecule has 2 aliphatic heterocycles. The molecule has 1 aromatic carbocycles. The van der Waals surface area contributed by atoms with Gasteiger partial charge in [0.25, 0.3) is 5.91 Å². The van der Waals surface area contributed by atoms with Crippen molar-refractivity contribution in [1.82, 2.24) is 14.9 Å². The average Bonchev–Trinajstić information content (AvgIpc) is 3.19. The molecule has 3 aliphatic rings. The molecule has 0 radical (unpaired) electrons. The number of hydrogen-bond acceptors (Lipinski definition) is 5. The molecule has 2 aromatic rings. The van der Waals surface area contributed by atoms with E-state index in [-0.39, 0.29) is 11.3 Å². The van der Waals surface area contributed by atoms with Crippen LogP contribution in [0.4, 0.5) is 5.69 Å². The molecule has 1 aliphatic carbocycles. The van der Waals surface area contributed by atoms with E-state index in [0.29, 0.717) is 5.69 Å². The smallest absolute Gasteiger partial charge is 0.274 e. The topological polar surface area (TPSA) is 69.6 Å². The van der Waals surface area contributed by atoms with Gasteiger partial charge in [-0.2, -0.15) is 0 Å². The minimum absolute atomic E-state index is 0.0158. The summed E-state index contributed by atoms with van der Waals surface area (Å²) in [5, 5.41) is 11.3. The van der Waals surface area contributed by atoms with E-state index in [4.69, 9.17) is 0 Å². The number of amides is 1. The maximum atomic E-state index is 12.6. The molecule has 2 fully saturated rings. The number of benzene rings is 1. The quantitative estimate of drug-likeness (QED) is 0.848. The molecule has 6 nitrogen and oxygen atoms in total. The van der Waals surface area contributed by atoms with Crippen LogP contribution < -0.4 is 4.90 Å². The molecule has 1 spiro atoms. The van der Waals surface area contributed by atoms with Gasteiger partial charge in [0.2, 0.25) is 0 Å². The van der Waals surface area contributed by atoms with Gasteiger partial charge in [-0.3, -0.25) is 9.78 Å². The Morgan fingerprint density at radius 2 is 1.77 bits per heavy atom. The molecule has 1 aromatic heterocycles. The standard InChI is InChI=1S/C24H30N4O2/c29-22(20-17-25-12-13-26-20)27-15-10-23(11-16-27)6-8-24(30,9-7-23)18-28-14-5-19-3-1-2-4-21(19)28/h1-4,12-13,17,30H,5-11,14-16,18H2. The van der Waals surface area contributed by atoms with Gasteiger partial charge in [-0.05, 0) is 62.0 Å². The minimum atomic E-state index is -0.602. The Hall–Kier alpha value is -2.47. The van der Waals surface area contributed by atoms with Gasteiger partial charge in [-0.1, -0.05) is 18.2 Å². The van der Waals surface area contributed by atoms with Gasteiger partial charge in [0.05, 0.1) is 11.8 Å². The van der Waals surface area contributed by atoms with Crippen LogP contribution in [0.25, 0.3) is 0 Å². The first-order valence-electron chi connectivity index (χ1n) is 11.2. The molecule has 0 atom stereocenters. The third-order valence-electron chi connectivity index (χ3n) is 7.60. The Morgan fingerprint density at radius 3 is 2.50 bits per heavy atom. The predicted octanol–water partition coefficient (Wildman–Crippen LogP) is 3.07. The van der Waals surface area contributed by atoms with Gasteiger partial charge >= 0.3 is 0 Å². The molecule has 3 heterocycles. The summed E-state index contributed by atoms with van der Waals surface area (Å²) in [7, 11) is 0. The highest BCUT2D eigenvalue weighted by Gasteiger charge is 2.44. The lowest BCUT2D eigenvalue weighted by molar-refractivity contribution is -0.0445. The highest BCUT2D eigenvalue weighted by Crippen LogP contribution is 2.48. The Kier molecular flexibility index (Phi) is 4.97. The fourth-order valence-corrected chi connectivity index (χ4v) is 5.59. The van der Waals surface area contributed by atoms with Crippen molar-refractivity contribution in [2.24, 2.45) is 5.41 Å². The molecule has 30 heavy (non-hydrogen) atoms. The van der Waals surface area contributed by atoms with Crippen LogP contribution in [0, 0.1) is 5.41 Å². The van der Waals surface area contributed by atoms with Gasteiger partial charge in [-0.15, -0.1) is 0 Å². The Balaban J connectivity index is 1.17. The van der Waals surface area contributed by atoms with Gasteiger partial charge in [0.1, 0.15) is 5.69 Å². The van der Waals surface area contributed by atoms with E-state index in [1.165, 1.54) is 11.3 Å². The second kappa shape index (κ2) is 7.65. The summed E-state index contributed by atoms with van der Waals surface area (Å²) in [4.78, 5) is 25.1. The number of para-hydroxylation sites is 1. The van der Waals surface area contributed by atoms with E-state index in [1.807, 2.05) is 4.90 Å². The molecule has 1 saturated carbocycles. The first-order valence-corrected chi connectivity index (χ1v) is 11.2. The van der Waals surface area contributed by atoms with E-state index in [2.05, 4.69) is 39.1 Å². The number of likely N-dealkylation sites (tertiary alicyclic amines) is 1. The zero-order valence-electron chi connectivity index (χ0n) is 17.5. The van der Waals surface area contributed by atoms with Crippen molar-refractivity contribution in [3.8, 4) is 0 Å². The average molecular weight is 407 g/mol. The molecule has 1 amide bonds. The van der Waals surface area contributed by atoms with E-state index >= 15 is 0 Å². The van der Waals surface area contributed by atoms with Crippen molar-refractivity contribution in [1.29, 1.82) is 0 Å². The van der Waals surface area contributed by atoms with Crippen LogP contribution in [0.3, 0.4) is 0 Å². The summed E-state index contributed by atoms with van der Waals surface area (Å²) >= 11 is 0. The number of piperidine rings is 1. The van der Waals surface area contributed by atoms with Gasteiger partial charge in [-0.25, -0.2) is 4.98 Å². The zero-order valence-corrected chi connectivity index (χ0v) is 17.5. The number of carbonyl (C=O) groups is 1. The number of aromatic nitrogens is 2. The van der Waals surface area contributed by atoms with Crippen LogP contribution in [0.15, 0.2) is 42.9 Å². The summed E-state index contributed by atoms with van der Waals surface area (Å²) in [5.41, 5.74) is 2.79. The zero-order chi connectivity index (χ0) is 20.6. The lowest BCUT2D eigenvalue weighted by Crippen LogP contribution is -2.50. The summed E-state index contributed by atoms with van der Waals surface area (Å²) < 4.78 is 0. The van der Waals surface area contributed by atoms with Crippen molar-refractivity contribution >= 4 is 11.6 Å². The summed E-state index contributed by atoms with van der Waals surface area (Å²) in [6.07, 6.45) is 11.6. The number of hydrogen-bond donors (Lipinski definition) is 1. The van der Waals surface area contributed by atoms with Crippen LogP contribution in [0.2, 0.25) is 0 Å². The fourth-order valence-electron chi connectivity index (χ4n) is 5.59. The van der Waals surface area contributed by atoms with E-state index < -0.39 is 5.60 Å². The van der Waals surface area contributed by atoms with E-state index in [0.717, 1.165) is 71.1 Å². The number of rotatable bonds is 3. The van der Waals surface area contributed by atoms with Crippen molar-refractivity contribution in [2.75, 3.05) is 31.1 Å². The number of carbonyl (C=O) groups excluding carboxylic acids is 1. The normalized spacial score (nSPS) is 22.2. The van der Waals surface area contributed by atoms with Gasteiger partial charge in [0, 0.05) is 44.3 Å². The lowest BCUT2D eigenvalue weighted by Gasteiger charge is -2.49. The highest BCUT2D eigenvalue weighted by molar-refractivity contribution is 5.92. The first kappa shape index (κ1) is 19.5. The Labute approximate surface area is 177 Å². The Bertz CT molecular complexity index is 898. The Morgan fingerprint density at radius 1 is 1.00 bits per heavy atom. The molecular formula is C24H30N4O2. The minimum Gasteiger partial charge on any atom is -0.388 e. The number of β-amino-alcohol motifs (C(OH)–C–C–N with tert-alkyl or cyclic N) is 1. The largest absolute Gasteiger partial charge is 0.388 e. The molecule has 6 heteroatoms. The van der Waals surface area contributed by atoms with Gasteiger partial charge in [0.15, 0.2) is 0 Å². The van der Waals surface area contributed by atoms with E-state index in [9.17, 15) is 9.90 Å². The predicted molar refractivity (Wildman–Crippen MR) is 115 cm³/mol. The van der Waals surface area contributed by atoms with Crippen molar-refractivity contribution < 1.29 is 9.90 Å². The summed E-state index contributed by atoms with van der Waals surface area (Å²) in [6, 6.07) is 8.57. The van der Waals surface area contributed by atoms with Crippen LogP contribution in [-0.4, -0.2) is 57.7 Å². The third kappa shape index (κ3) is 3.69. The van der Waals surface area contributed by atoms with Crippen molar-refractivity contribution in [3.63, 3.8) is 0 Å². The van der Waals surface area contributed by atoms with Crippen LogP contribution in [-0.2, 0) is 6.42 Å². The lowest BCUT2D eigenvalue weighted by atomic mass is 9.64. The van der Waals surface area contributed by atoms with Gasteiger partial charge < -0.3 is 14.9 Å². The maximum Gasteiger partial charge on any atom is 0.274 e. The van der Waals surface area contributed by atoms with Crippen LogP contribution >= 0.6 is 0 Å². The molecule has 0 unspecified atom stereocenters. The molecule has 1 N–H and O–H groups in total. The highest BCUT2D eigenvalue weighted by atomic mass is 16.3. The third-order valence-corrected chi connectivity index (χ3v) is 7.60. The van der Waals surface area contributed by atoms with E-state index in [1.54, 1.807) is 18.6 Å². The number of aliphatic hydroxyl groups is 1. The second-order valence-corrected chi connectivity index (χ2v) is 9.41. The number of anilines is 1. The molecule has 5 rings (SSSR count). The van der Waals surface area contributed by atoms with Crippen LogP contribution in [0.5, 0.6) is 0 Å². The molecule has 1 saturated heterocycles. The second-order valence-electron chi connectivity index (χ2n) is 9.41. The monoisotopic (exact) mass is 406 g/mol. The van der Waals surface area contributed by atoms with Crippen LogP contribution in [0.1, 0.15) is 54.6 Å². The fraction of sp³-hybridized carbons (Fsp3) is 0.542. The molecule has 158 valence electrons. The van der Waals surface area contributed by atoms with Crippen molar-refractivity contribution in [2.45, 2.75) is 50.5 Å². The maximum absolute atomic E-state index is 12.6. The summed E-state index contributed by atoms with van der Waals surface area (Å²) in [5.74, 6) is -0.0158. The SMILES string of the molecule is O=C(c1cnccn1)N1CCC2(CC1)CCC(O)(CN1CCc3ccccc31)CC2.